The molecule has 0 bridgehead atoms. The molecule has 0 saturated heterocycles. The number of hydrogen-bond acceptors (Lipinski definition) is 6. The van der Waals surface area contributed by atoms with Crippen LogP contribution in [0.15, 0.2) is 72.9 Å². The summed E-state index contributed by atoms with van der Waals surface area (Å²) in [7, 11) is 0. The fourth-order valence-electron chi connectivity index (χ4n) is 8.78. The van der Waals surface area contributed by atoms with Crippen LogP contribution in [0, 0.1) is 0 Å². The van der Waals surface area contributed by atoms with Gasteiger partial charge in [0.15, 0.2) is 6.10 Å². The van der Waals surface area contributed by atoms with Crippen molar-refractivity contribution in [1.29, 1.82) is 0 Å². The Morgan fingerprint density at radius 3 is 0.861 bits per heavy atom. The number of esters is 3. The third kappa shape index (κ3) is 57.7. The molecule has 0 aliphatic rings. The minimum atomic E-state index is -0.784. The third-order valence-electron chi connectivity index (χ3n) is 13.4. The van der Waals surface area contributed by atoms with E-state index in [0.29, 0.717) is 19.3 Å². The van der Waals surface area contributed by atoms with Crippen molar-refractivity contribution < 1.29 is 28.6 Å². The Labute approximate surface area is 446 Å². The molecule has 416 valence electrons. The van der Waals surface area contributed by atoms with E-state index in [9.17, 15) is 14.4 Å². The van der Waals surface area contributed by atoms with Crippen LogP contribution in [0.25, 0.3) is 0 Å². The zero-order valence-electron chi connectivity index (χ0n) is 47.7. The lowest BCUT2D eigenvalue weighted by Crippen LogP contribution is -2.30. The van der Waals surface area contributed by atoms with Gasteiger partial charge in [-0.15, -0.1) is 0 Å². The molecule has 0 N–H and O–H groups in total. The molecule has 1 unspecified atom stereocenters. The Bertz CT molecular complexity index is 1340. The molecule has 0 amide bonds. The van der Waals surface area contributed by atoms with E-state index in [1.807, 2.05) is 0 Å². The number of carbonyl (C=O) groups is 3. The molecule has 0 spiro atoms. The van der Waals surface area contributed by atoms with Crippen LogP contribution < -0.4 is 0 Å². The van der Waals surface area contributed by atoms with Gasteiger partial charge in [-0.3, -0.25) is 14.4 Å². The number of carbonyl (C=O) groups excluding carboxylic acids is 3. The maximum Gasteiger partial charge on any atom is 0.306 e. The molecule has 0 aromatic rings. The first-order valence-corrected chi connectivity index (χ1v) is 30.9. The second-order valence-corrected chi connectivity index (χ2v) is 20.6. The third-order valence-corrected chi connectivity index (χ3v) is 13.4. The Morgan fingerprint density at radius 1 is 0.292 bits per heavy atom. The average Bonchev–Trinajstić information content (AvgIpc) is 3.38. The van der Waals surface area contributed by atoms with Gasteiger partial charge in [0.05, 0.1) is 0 Å². The molecule has 0 aliphatic carbocycles. The van der Waals surface area contributed by atoms with Gasteiger partial charge in [0.2, 0.25) is 0 Å². The summed E-state index contributed by atoms with van der Waals surface area (Å²) in [6, 6.07) is 0. The van der Waals surface area contributed by atoms with Crippen LogP contribution in [0.4, 0.5) is 0 Å². The molecule has 0 heterocycles. The fourth-order valence-corrected chi connectivity index (χ4v) is 8.78. The Kier molecular flexibility index (Phi) is 57.8. The standard InChI is InChI=1S/C66H116O6/c1-4-7-10-13-16-19-22-25-28-30-32-33-35-36-38-41-44-47-50-53-56-59-65(68)71-62-63(61-70-64(67)58-55-52-49-46-43-40-27-24-21-18-15-12-9-6-3)72-66(69)60-57-54-51-48-45-42-39-37-34-31-29-26-23-20-17-14-11-8-5-2/h7,10,16,19,24-29,32-33,63H,4-6,8-9,11-15,17-18,20-23,30-31,34-62H2,1-3H3/b10-7-,19-16-,27-24-,28-25-,29-26-,33-32-. The number of hydrogen-bond donors (Lipinski definition) is 0. The number of allylic oxidation sites excluding steroid dienone is 12. The van der Waals surface area contributed by atoms with Crippen LogP contribution in [0.2, 0.25) is 0 Å². The molecule has 0 aromatic carbocycles. The normalized spacial score (nSPS) is 12.5. The van der Waals surface area contributed by atoms with Gasteiger partial charge in [-0.05, 0) is 109 Å². The highest BCUT2D eigenvalue weighted by molar-refractivity contribution is 5.71. The Morgan fingerprint density at radius 2 is 0.542 bits per heavy atom. The molecule has 0 saturated carbocycles. The topological polar surface area (TPSA) is 78.9 Å². The lowest BCUT2D eigenvalue weighted by Gasteiger charge is -2.18. The van der Waals surface area contributed by atoms with Crippen LogP contribution in [-0.2, 0) is 28.6 Å². The molecule has 0 aromatic heterocycles. The minimum absolute atomic E-state index is 0.0816. The van der Waals surface area contributed by atoms with Crippen molar-refractivity contribution in [2.45, 2.75) is 316 Å². The van der Waals surface area contributed by atoms with E-state index in [1.165, 1.54) is 173 Å². The van der Waals surface area contributed by atoms with Crippen molar-refractivity contribution in [2.75, 3.05) is 13.2 Å². The number of ether oxygens (including phenoxy) is 3. The van der Waals surface area contributed by atoms with Gasteiger partial charge in [-0.2, -0.15) is 0 Å². The van der Waals surface area contributed by atoms with Crippen LogP contribution in [0.3, 0.4) is 0 Å². The van der Waals surface area contributed by atoms with E-state index in [4.69, 9.17) is 14.2 Å². The monoisotopic (exact) mass is 1000 g/mol. The predicted octanol–water partition coefficient (Wildman–Crippen LogP) is 20.9. The first-order valence-electron chi connectivity index (χ1n) is 30.9. The molecule has 1 atom stereocenters. The van der Waals surface area contributed by atoms with Crippen LogP contribution in [-0.4, -0.2) is 37.2 Å². The van der Waals surface area contributed by atoms with Crippen molar-refractivity contribution >= 4 is 17.9 Å². The van der Waals surface area contributed by atoms with Crippen molar-refractivity contribution in [3.63, 3.8) is 0 Å². The summed E-state index contributed by atoms with van der Waals surface area (Å²) in [6.45, 7) is 6.53. The second kappa shape index (κ2) is 60.4. The summed E-state index contributed by atoms with van der Waals surface area (Å²) >= 11 is 0. The van der Waals surface area contributed by atoms with Crippen molar-refractivity contribution in [3.05, 3.63) is 72.9 Å². The van der Waals surface area contributed by atoms with Crippen molar-refractivity contribution in [1.82, 2.24) is 0 Å². The molecule has 72 heavy (non-hydrogen) atoms. The number of unbranched alkanes of at least 4 members (excludes halogenated alkanes) is 33. The average molecular weight is 1010 g/mol. The zero-order valence-corrected chi connectivity index (χ0v) is 47.7. The molecule has 0 rings (SSSR count). The van der Waals surface area contributed by atoms with E-state index in [0.717, 1.165) is 96.3 Å². The van der Waals surface area contributed by atoms with E-state index in [1.54, 1.807) is 0 Å². The summed E-state index contributed by atoms with van der Waals surface area (Å²) < 4.78 is 16.9. The molecular formula is C66H116O6. The van der Waals surface area contributed by atoms with Crippen molar-refractivity contribution in [3.8, 4) is 0 Å². The first-order chi connectivity index (χ1) is 35.5. The van der Waals surface area contributed by atoms with Gasteiger partial charge in [-0.1, -0.05) is 254 Å². The second-order valence-electron chi connectivity index (χ2n) is 20.6. The van der Waals surface area contributed by atoms with E-state index >= 15 is 0 Å². The minimum Gasteiger partial charge on any atom is -0.462 e. The van der Waals surface area contributed by atoms with E-state index in [2.05, 4.69) is 93.7 Å². The predicted molar refractivity (Wildman–Crippen MR) is 311 cm³/mol. The summed E-state index contributed by atoms with van der Waals surface area (Å²) in [5, 5.41) is 0. The molecular weight excluding hydrogens is 889 g/mol. The summed E-state index contributed by atoms with van der Waals surface area (Å²) in [5.74, 6) is -0.887. The summed E-state index contributed by atoms with van der Waals surface area (Å²) in [5.41, 5.74) is 0. The SMILES string of the molecule is CC/C=C\C/C=C\C/C=C\C/C=C\CCCCCCCCCCC(=O)OCC(COC(=O)CCCCCCC/C=C\CCCCCCC)OC(=O)CCCCCCCCCCC/C=C\CCCCCCCC. The van der Waals surface area contributed by atoms with Gasteiger partial charge >= 0.3 is 17.9 Å². The fraction of sp³-hybridized carbons (Fsp3) is 0.773. The Balaban J connectivity index is 4.37. The maximum atomic E-state index is 12.9. The van der Waals surface area contributed by atoms with E-state index < -0.39 is 6.10 Å². The van der Waals surface area contributed by atoms with Crippen molar-refractivity contribution in [2.24, 2.45) is 0 Å². The number of rotatable bonds is 56. The largest absolute Gasteiger partial charge is 0.462 e. The quantitative estimate of drug-likeness (QED) is 0.0261. The highest BCUT2D eigenvalue weighted by Crippen LogP contribution is 2.16. The van der Waals surface area contributed by atoms with Gasteiger partial charge < -0.3 is 14.2 Å². The lowest BCUT2D eigenvalue weighted by molar-refractivity contribution is -0.167. The van der Waals surface area contributed by atoms with Gasteiger partial charge in [0.1, 0.15) is 13.2 Å². The maximum absolute atomic E-state index is 12.9. The molecule has 0 aliphatic heterocycles. The molecule has 0 radical (unpaired) electrons. The first kappa shape index (κ1) is 68.8. The highest BCUT2D eigenvalue weighted by atomic mass is 16.6. The van der Waals surface area contributed by atoms with Gasteiger partial charge in [0, 0.05) is 19.3 Å². The summed E-state index contributed by atoms with van der Waals surface area (Å²) in [6.07, 6.45) is 77.5. The summed E-state index contributed by atoms with van der Waals surface area (Å²) in [4.78, 5) is 38.3. The smallest absolute Gasteiger partial charge is 0.306 e. The lowest BCUT2D eigenvalue weighted by atomic mass is 10.1. The molecule has 6 heteroatoms. The van der Waals surface area contributed by atoms with E-state index in [-0.39, 0.29) is 31.1 Å². The zero-order chi connectivity index (χ0) is 52.2. The molecule has 6 nitrogen and oxygen atoms in total. The van der Waals surface area contributed by atoms with Crippen LogP contribution in [0.1, 0.15) is 310 Å². The van der Waals surface area contributed by atoms with Gasteiger partial charge in [0.25, 0.3) is 0 Å². The van der Waals surface area contributed by atoms with Crippen LogP contribution in [0.5, 0.6) is 0 Å². The Hall–Kier alpha value is -3.15. The van der Waals surface area contributed by atoms with Crippen LogP contribution >= 0.6 is 0 Å². The highest BCUT2D eigenvalue weighted by Gasteiger charge is 2.19. The van der Waals surface area contributed by atoms with Gasteiger partial charge in [-0.25, -0.2) is 0 Å². The molecule has 0 fully saturated rings.